The van der Waals surface area contributed by atoms with Gasteiger partial charge in [-0.25, -0.2) is 0 Å². The molecule has 0 saturated carbocycles. The van der Waals surface area contributed by atoms with Crippen LogP contribution in [0.1, 0.15) is 40.2 Å². The standard InChI is InChI=1S/C20H28N4O.ClH/c1-15-10-16(2)24(22-15)14-17-6-4-8-19(11-17)20(25)23-9-5-7-18(13-23)12-21-3;/h4,6,8,10-11,18,21H,5,7,9,12-14H2,1-3H3;1H. The maximum Gasteiger partial charge on any atom is 0.253 e. The summed E-state index contributed by atoms with van der Waals surface area (Å²) >= 11 is 0. The zero-order valence-electron chi connectivity index (χ0n) is 15.9. The van der Waals surface area contributed by atoms with Crippen molar-refractivity contribution in [1.29, 1.82) is 0 Å². The number of carbonyl (C=O) groups excluding carboxylic acids is 1. The van der Waals surface area contributed by atoms with Gasteiger partial charge >= 0.3 is 0 Å². The topological polar surface area (TPSA) is 50.2 Å². The van der Waals surface area contributed by atoms with Gasteiger partial charge in [-0.05, 0) is 70.0 Å². The Morgan fingerprint density at radius 2 is 2.12 bits per heavy atom. The molecule has 1 aliphatic rings. The van der Waals surface area contributed by atoms with Crippen molar-refractivity contribution in [1.82, 2.24) is 20.0 Å². The quantitative estimate of drug-likeness (QED) is 0.872. The SMILES string of the molecule is CNCC1CCCN(C(=O)c2cccc(Cn3nc(C)cc3C)c2)C1.Cl. The highest BCUT2D eigenvalue weighted by Crippen LogP contribution is 2.19. The van der Waals surface area contributed by atoms with E-state index in [2.05, 4.69) is 29.5 Å². The van der Waals surface area contributed by atoms with Crippen LogP contribution < -0.4 is 5.32 Å². The van der Waals surface area contributed by atoms with Crippen LogP contribution in [0.3, 0.4) is 0 Å². The number of amides is 1. The van der Waals surface area contributed by atoms with Gasteiger partial charge < -0.3 is 10.2 Å². The number of aromatic nitrogens is 2. The molecule has 2 aromatic rings. The fourth-order valence-corrected chi connectivity index (χ4v) is 3.70. The van der Waals surface area contributed by atoms with Gasteiger partial charge in [0.05, 0.1) is 12.2 Å². The van der Waals surface area contributed by atoms with Crippen molar-refractivity contribution in [3.8, 4) is 0 Å². The van der Waals surface area contributed by atoms with E-state index in [4.69, 9.17) is 0 Å². The molecule has 0 spiro atoms. The maximum atomic E-state index is 12.9. The summed E-state index contributed by atoms with van der Waals surface area (Å²) in [5.74, 6) is 0.705. The first-order chi connectivity index (χ1) is 12.1. The van der Waals surface area contributed by atoms with Crippen LogP contribution in [-0.4, -0.2) is 47.3 Å². The summed E-state index contributed by atoms with van der Waals surface area (Å²) in [6.45, 7) is 7.44. The average Bonchev–Trinajstić information content (AvgIpc) is 2.92. The van der Waals surface area contributed by atoms with Gasteiger partial charge in [0.25, 0.3) is 5.91 Å². The number of piperidine rings is 1. The Hall–Kier alpha value is -1.85. The molecule has 26 heavy (non-hydrogen) atoms. The summed E-state index contributed by atoms with van der Waals surface area (Å²) in [5, 5.41) is 7.75. The van der Waals surface area contributed by atoms with Gasteiger partial charge in [0.1, 0.15) is 0 Å². The van der Waals surface area contributed by atoms with E-state index in [1.165, 1.54) is 6.42 Å². The van der Waals surface area contributed by atoms with Gasteiger partial charge in [0.2, 0.25) is 0 Å². The van der Waals surface area contributed by atoms with E-state index >= 15 is 0 Å². The van der Waals surface area contributed by atoms with Crippen LogP contribution in [0.2, 0.25) is 0 Å². The third kappa shape index (κ3) is 4.86. The highest BCUT2D eigenvalue weighted by molar-refractivity contribution is 5.94. The Morgan fingerprint density at radius 3 is 2.81 bits per heavy atom. The molecule has 1 saturated heterocycles. The third-order valence-corrected chi connectivity index (χ3v) is 4.91. The smallest absolute Gasteiger partial charge is 0.253 e. The fraction of sp³-hybridized carbons (Fsp3) is 0.500. The normalized spacial score (nSPS) is 17.0. The minimum Gasteiger partial charge on any atom is -0.338 e. The second-order valence-electron chi connectivity index (χ2n) is 7.10. The summed E-state index contributed by atoms with van der Waals surface area (Å²) in [6, 6.07) is 10.1. The molecule has 1 aromatic carbocycles. The Kier molecular flexibility index (Phi) is 7.23. The van der Waals surface area contributed by atoms with Crippen molar-refractivity contribution in [3.05, 3.63) is 52.8 Å². The van der Waals surface area contributed by atoms with Gasteiger partial charge in [0, 0.05) is 24.3 Å². The molecule has 1 unspecified atom stereocenters. The van der Waals surface area contributed by atoms with E-state index in [1.807, 2.05) is 41.8 Å². The molecular formula is C20H29ClN4O. The van der Waals surface area contributed by atoms with Crippen molar-refractivity contribution in [2.75, 3.05) is 26.7 Å². The van der Waals surface area contributed by atoms with Crippen LogP contribution in [0.4, 0.5) is 0 Å². The van der Waals surface area contributed by atoms with E-state index in [1.54, 1.807) is 0 Å². The van der Waals surface area contributed by atoms with Crippen LogP contribution >= 0.6 is 12.4 Å². The van der Waals surface area contributed by atoms with E-state index in [0.717, 1.165) is 48.6 Å². The van der Waals surface area contributed by atoms with E-state index in [9.17, 15) is 4.79 Å². The zero-order valence-corrected chi connectivity index (χ0v) is 16.7. The Balaban J connectivity index is 0.00000243. The lowest BCUT2D eigenvalue weighted by Crippen LogP contribution is -2.42. The molecule has 3 rings (SSSR count). The van der Waals surface area contributed by atoms with Crippen LogP contribution in [-0.2, 0) is 6.54 Å². The number of hydrogen-bond donors (Lipinski definition) is 1. The molecule has 1 amide bonds. The largest absolute Gasteiger partial charge is 0.338 e. The van der Waals surface area contributed by atoms with Crippen LogP contribution in [0.5, 0.6) is 0 Å². The molecule has 142 valence electrons. The molecule has 1 atom stereocenters. The summed E-state index contributed by atoms with van der Waals surface area (Å²) in [4.78, 5) is 14.9. The van der Waals surface area contributed by atoms with Crippen LogP contribution in [0, 0.1) is 19.8 Å². The third-order valence-electron chi connectivity index (χ3n) is 4.91. The van der Waals surface area contributed by atoms with Crippen molar-refractivity contribution < 1.29 is 4.79 Å². The lowest BCUT2D eigenvalue weighted by molar-refractivity contribution is 0.0674. The van der Waals surface area contributed by atoms with Crippen molar-refractivity contribution >= 4 is 18.3 Å². The molecule has 2 heterocycles. The molecule has 1 fully saturated rings. The number of benzene rings is 1. The predicted molar refractivity (Wildman–Crippen MR) is 107 cm³/mol. The number of aryl methyl sites for hydroxylation is 2. The van der Waals surface area contributed by atoms with Gasteiger partial charge in [0.15, 0.2) is 0 Å². The number of hydrogen-bond acceptors (Lipinski definition) is 3. The van der Waals surface area contributed by atoms with E-state index < -0.39 is 0 Å². The number of carbonyl (C=O) groups is 1. The maximum absolute atomic E-state index is 12.9. The van der Waals surface area contributed by atoms with Gasteiger partial charge in [-0.3, -0.25) is 9.48 Å². The molecular weight excluding hydrogens is 348 g/mol. The first kappa shape index (κ1) is 20.5. The highest BCUT2D eigenvalue weighted by atomic mass is 35.5. The number of nitrogens with zero attached hydrogens (tertiary/aromatic N) is 3. The first-order valence-electron chi connectivity index (χ1n) is 9.10. The summed E-state index contributed by atoms with van der Waals surface area (Å²) in [5.41, 5.74) is 4.05. The Morgan fingerprint density at radius 1 is 1.31 bits per heavy atom. The van der Waals surface area contributed by atoms with Crippen molar-refractivity contribution in [2.24, 2.45) is 5.92 Å². The second kappa shape index (κ2) is 9.19. The van der Waals surface area contributed by atoms with Crippen molar-refractivity contribution in [2.45, 2.75) is 33.2 Å². The number of nitrogens with one attached hydrogen (secondary N) is 1. The lowest BCUT2D eigenvalue weighted by Gasteiger charge is -2.32. The lowest BCUT2D eigenvalue weighted by atomic mass is 9.97. The summed E-state index contributed by atoms with van der Waals surface area (Å²) in [6.07, 6.45) is 2.28. The van der Waals surface area contributed by atoms with E-state index in [0.29, 0.717) is 12.5 Å². The second-order valence-corrected chi connectivity index (χ2v) is 7.10. The Labute approximate surface area is 162 Å². The van der Waals surface area contributed by atoms with Gasteiger partial charge in [-0.1, -0.05) is 12.1 Å². The highest BCUT2D eigenvalue weighted by Gasteiger charge is 2.24. The fourth-order valence-electron chi connectivity index (χ4n) is 3.70. The van der Waals surface area contributed by atoms with Crippen LogP contribution in [0.25, 0.3) is 0 Å². The van der Waals surface area contributed by atoms with E-state index in [-0.39, 0.29) is 18.3 Å². The molecule has 0 bridgehead atoms. The zero-order chi connectivity index (χ0) is 17.8. The first-order valence-corrected chi connectivity index (χ1v) is 9.10. The molecule has 1 aliphatic heterocycles. The summed E-state index contributed by atoms with van der Waals surface area (Å²) in [7, 11) is 1.98. The molecule has 0 radical (unpaired) electrons. The van der Waals surface area contributed by atoms with Crippen molar-refractivity contribution in [3.63, 3.8) is 0 Å². The molecule has 1 aromatic heterocycles. The molecule has 5 nitrogen and oxygen atoms in total. The monoisotopic (exact) mass is 376 g/mol. The summed E-state index contributed by atoms with van der Waals surface area (Å²) < 4.78 is 1.99. The molecule has 6 heteroatoms. The molecule has 0 aliphatic carbocycles. The Bertz CT molecular complexity index is 741. The minimum atomic E-state index is 0. The number of rotatable bonds is 5. The number of halogens is 1. The van der Waals surface area contributed by atoms with Gasteiger partial charge in [-0.15, -0.1) is 12.4 Å². The minimum absolute atomic E-state index is 0. The molecule has 1 N–H and O–H groups in total. The number of likely N-dealkylation sites (tertiary alicyclic amines) is 1. The average molecular weight is 377 g/mol. The van der Waals surface area contributed by atoms with Gasteiger partial charge in [-0.2, -0.15) is 5.10 Å². The predicted octanol–water partition coefficient (Wildman–Crippen LogP) is 3.04. The van der Waals surface area contributed by atoms with Crippen LogP contribution in [0.15, 0.2) is 30.3 Å².